The number of amides is 3. The van der Waals surface area contributed by atoms with E-state index in [-0.39, 0.29) is 24.4 Å². The first-order valence-electron chi connectivity index (χ1n) is 12.0. The van der Waals surface area contributed by atoms with E-state index in [0.29, 0.717) is 13.0 Å². The molecule has 2 unspecified atom stereocenters. The average molecular weight is 462 g/mol. The maximum Gasteiger partial charge on any atom is 0.408 e. The molecular formula is C26H43N3O4. The maximum absolute atomic E-state index is 13.4. The SMILES string of the molecule is CCCCCNC(=O)C(c1ccc(C)cc1C)N(C(=O)CNC(=O)OC(C)(C)C)C(C)CC. The monoisotopic (exact) mass is 461 g/mol. The van der Waals surface area contributed by atoms with Gasteiger partial charge in [0.1, 0.15) is 18.2 Å². The predicted molar refractivity (Wildman–Crippen MR) is 132 cm³/mol. The van der Waals surface area contributed by atoms with Gasteiger partial charge in [-0.3, -0.25) is 9.59 Å². The zero-order valence-electron chi connectivity index (χ0n) is 21.7. The number of carbonyl (C=O) groups is 3. The van der Waals surface area contributed by atoms with Gasteiger partial charge in [0.15, 0.2) is 0 Å². The average Bonchev–Trinajstić information content (AvgIpc) is 2.72. The lowest BCUT2D eigenvalue weighted by Crippen LogP contribution is -2.51. The van der Waals surface area contributed by atoms with Gasteiger partial charge in [0.25, 0.3) is 0 Å². The summed E-state index contributed by atoms with van der Waals surface area (Å²) in [4.78, 5) is 40.5. The Bertz CT molecular complexity index is 801. The van der Waals surface area contributed by atoms with Gasteiger partial charge in [-0.25, -0.2) is 4.79 Å². The van der Waals surface area contributed by atoms with Crippen molar-refractivity contribution in [2.45, 2.75) is 98.8 Å². The van der Waals surface area contributed by atoms with E-state index in [0.717, 1.165) is 36.0 Å². The summed E-state index contributed by atoms with van der Waals surface area (Å²) in [6.07, 6.45) is 2.99. The number of hydrogen-bond donors (Lipinski definition) is 2. The quantitative estimate of drug-likeness (QED) is 0.463. The third kappa shape index (κ3) is 9.44. The number of nitrogens with zero attached hydrogens (tertiary/aromatic N) is 1. The van der Waals surface area contributed by atoms with Gasteiger partial charge < -0.3 is 20.3 Å². The van der Waals surface area contributed by atoms with E-state index in [1.807, 2.05) is 45.9 Å². The summed E-state index contributed by atoms with van der Waals surface area (Å²) < 4.78 is 5.26. The molecule has 0 heterocycles. The number of aryl methyl sites for hydroxylation is 2. The molecule has 0 spiro atoms. The number of unbranched alkanes of at least 4 members (excludes halogenated alkanes) is 2. The number of ether oxygens (including phenoxy) is 1. The number of hydrogen-bond acceptors (Lipinski definition) is 4. The number of nitrogens with one attached hydrogen (secondary N) is 2. The first-order valence-corrected chi connectivity index (χ1v) is 12.0. The van der Waals surface area contributed by atoms with Crippen molar-refractivity contribution in [1.29, 1.82) is 0 Å². The molecule has 1 aromatic rings. The number of carbonyl (C=O) groups excluding carboxylic acids is 3. The Balaban J connectivity index is 3.24. The highest BCUT2D eigenvalue weighted by atomic mass is 16.6. The number of alkyl carbamates (subject to hydrolysis) is 1. The molecule has 0 radical (unpaired) electrons. The van der Waals surface area contributed by atoms with Crippen LogP contribution in [-0.2, 0) is 14.3 Å². The lowest BCUT2D eigenvalue weighted by Gasteiger charge is -2.36. The molecule has 1 aromatic carbocycles. The molecule has 0 saturated heterocycles. The van der Waals surface area contributed by atoms with Crippen LogP contribution in [0.1, 0.15) is 90.0 Å². The molecular weight excluding hydrogens is 418 g/mol. The molecule has 2 atom stereocenters. The largest absolute Gasteiger partial charge is 0.444 e. The van der Waals surface area contributed by atoms with Gasteiger partial charge in [0.2, 0.25) is 11.8 Å². The molecule has 3 amide bonds. The van der Waals surface area contributed by atoms with Gasteiger partial charge in [-0.2, -0.15) is 0 Å². The molecule has 33 heavy (non-hydrogen) atoms. The van der Waals surface area contributed by atoms with Gasteiger partial charge in [0, 0.05) is 12.6 Å². The zero-order valence-corrected chi connectivity index (χ0v) is 21.7. The highest BCUT2D eigenvalue weighted by Crippen LogP contribution is 2.28. The van der Waals surface area contributed by atoms with Crippen LogP contribution in [0.15, 0.2) is 18.2 Å². The summed E-state index contributed by atoms with van der Waals surface area (Å²) in [6, 6.07) is 4.91. The van der Waals surface area contributed by atoms with Crippen molar-refractivity contribution in [1.82, 2.24) is 15.5 Å². The topological polar surface area (TPSA) is 87.7 Å². The highest BCUT2D eigenvalue weighted by Gasteiger charge is 2.35. The Morgan fingerprint density at radius 3 is 2.27 bits per heavy atom. The van der Waals surface area contributed by atoms with Gasteiger partial charge in [0.05, 0.1) is 0 Å². The van der Waals surface area contributed by atoms with Gasteiger partial charge in [-0.15, -0.1) is 0 Å². The molecule has 0 saturated carbocycles. The molecule has 7 heteroatoms. The van der Waals surface area contributed by atoms with Crippen LogP contribution in [0.5, 0.6) is 0 Å². The summed E-state index contributed by atoms with van der Waals surface area (Å²) in [7, 11) is 0. The molecule has 0 aromatic heterocycles. The van der Waals surface area contributed by atoms with Crippen molar-refractivity contribution in [3.8, 4) is 0 Å². The summed E-state index contributed by atoms with van der Waals surface area (Å²) in [6.45, 7) is 15.6. The van der Waals surface area contributed by atoms with Crippen molar-refractivity contribution < 1.29 is 19.1 Å². The van der Waals surface area contributed by atoms with Crippen LogP contribution in [0, 0.1) is 13.8 Å². The standard InChI is InChI=1S/C26H43N3O4/c1-9-11-12-15-27-24(31)23(21-14-13-18(3)16-19(21)4)29(20(5)10-2)22(30)17-28-25(32)33-26(6,7)8/h13-14,16,20,23H,9-12,15,17H2,1-8H3,(H,27,31)(H,28,32). The summed E-state index contributed by atoms with van der Waals surface area (Å²) in [5.74, 6) is -0.534. The minimum absolute atomic E-state index is 0.204. The molecule has 0 aliphatic carbocycles. The van der Waals surface area contributed by atoms with E-state index >= 15 is 0 Å². The number of rotatable bonds is 11. The molecule has 0 bridgehead atoms. The second kappa shape index (κ2) is 13.2. The molecule has 0 aliphatic rings. The van der Waals surface area contributed by atoms with Gasteiger partial charge >= 0.3 is 6.09 Å². The minimum Gasteiger partial charge on any atom is -0.444 e. The Labute approximate surface area is 199 Å². The third-order valence-corrected chi connectivity index (χ3v) is 5.46. The fraction of sp³-hybridized carbons (Fsp3) is 0.654. The fourth-order valence-electron chi connectivity index (χ4n) is 3.63. The Morgan fingerprint density at radius 1 is 1.06 bits per heavy atom. The van der Waals surface area contributed by atoms with E-state index in [9.17, 15) is 14.4 Å². The van der Waals surface area contributed by atoms with Crippen LogP contribution >= 0.6 is 0 Å². The number of benzene rings is 1. The maximum atomic E-state index is 13.4. The van der Waals surface area contributed by atoms with E-state index in [1.165, 1.54) is 0 Å². The molecule has 2 N–H and O–H groups in total. The van der Waals surface area contributed by atoms with Crippen LogP contribution < -0.4 is 10.6 Å². The van der Waals surface area contributed by atoms with Crippen LogP contribution in [0.3, 0.4) is 0 Å². The lowest BCUT2D eigenvalue weighted by atomic mass is 9.95. The molecule has 0 fully saturated rings. The first kappa shape index (κ1) is 28.5. The fourth-order valence-corrected chi connectivity index (χ4v) is 3.63. The van der Waals surface area contributed by atoms with Crippen molar-refractivity contribution in [3.05, 3.63) is 34.9 Å². The Hall–Kier alpha value is -2.57. The zero-order chi connectivity index (χ0) is 25.2. The van der Waals surface area contributed by atoms with Crippen molar-refractivity contribution >= 4 is 17.9 Å². The second-order valence-electron chi connectivity index (χ2n) is 9.67. The Morgan fingerprint density at radius 2 is 1.73 bits per heavy atom. The first-order chi connectivity index (χ1) is 15.4. The summed E-state index contributed by atoms with van der Waals surface area (Å²) in [5.41, 5.74) is 2.17. The van der Waals surface area contributed by atoms with Crippen molar-refractivity contribution in [2.75, 3.05) is 13.1 Å². The summed E-state index contributed by atoms with van der Waals surface area (Å²) in [5, 5.41) is 5.57. The van der Waals surface area contributed by atoms with Crippen LogP contribution in [0.4, 0.5) is 4.79 Å². The van der Waals surface area contributed by atoms with E-state index < -0.39 is 17.7 Å². The lowest BCUT2D eigenvalue weighted by molar-refractivity contribution is -0.142. The summed E-state index contributed by atoms with van der Waals surface area (Å²) >= 11 is 0. The highest BCUT2D eigenvalue weighted by molar-refractivity contribution is 5.91. The Kier molecular flexibility index (Phi) is 11.4. The smallest absolute Gasteiger partial charge is 0.408 e. The van der Waals surface area contributed by atoms with E-state index in [1.54, 1.807) is 25.7 Å². The molecule has 1 rings (SSSR count). The molecule has 0 aliphatic heterocycles. The molecule has 186 valence electrons. The van der Waals surface area contributed by atoms with Crippen molar-refractivity contribution in [3.63, 3.8) is 0 Å². The third-order valence-electron chi connectivity index (χ3n) is 5.46. The van der Waals surface area contributed by atoms with Crippen LogP contribution in [0.25, 0.3) is 0 Å². The van der Waals surface area contributed by atoms with Crippen molar-refractivity contribution in [2.24, 2.45) is 0 Å². The van der Waals surface area contributed by atoms with E-state index in [2.05, 4.69) is 17.6 Å². The second-order valence-corrected chi connectivity index (χ2v) is 9.67. The van der Waals surface area contributed by atoms with Crippen LogP contribution in [-0.4, -0.2) is 47.5 Å². The predicted octanol–water partition coefficient (Wildman–Crippen LogP) is 4.80. The minimum atomic E-state index is -0.782. The van der Waals surface area contributed by atoms with Gasteiger partial charge in [-0.1, -0.05) is 50.5 Å². The van der Waals surface area contributed by atoms with E-state index in [4.69, 9.17) is 4.74 Å². The van der Waals surface area contributed by atoms with Crippen LogP contribution in [0.2, 0.25) is 0 Å². The molecule has 7 nitrogen and oxygen atoms in total. The van der Waals surface area contributed by atoms with Gasteiger partial charge in [-0.05, 0) is 65.5 Å². The normalized spacial score (nSPS) is 13.1.